The van der Waals surface area contributed by atoms with Crippen molar-refractivity contribution >= 4 is 76.7 Å². The molecule has 0 saturated carbocycles. The molecule has 0 aliphatic rings. The normalized spacial score (nSPS) is 11.8. The van der Waals surface area contributed by atoms with Gasteiger partial charge in [-0.05, 0) is 114 Å². The van der Waals surface area contributed by atoms with Crippen molar-refractivity contribution in [2.24, 2.45) is 0 Å². The third kappa shape index (κ3) is 8.24. The van der Waals surface area contributed by atoms with Gasteiger partial charge in [-0.2, -0.15) is 0 Å². The number of benzene rings is 8. The minimum Gasteiger partial charge on any atom is -0.338 e. The second kappa shape index (κ2) is 17.2. The van der Waals surface area contributed by atoms with Crippen LogP contribution in [0.5, 0.6) is 0 Å². The Bertz CT molecular complexity index is 2330. The van der Waals surface area contributed by atoms with E-state index < -0.39 is 0 Å². The molecule has 0 atom stereocenters. The Hall–Kier alpha value is -5.62. The van der Waals surface area contributed by atoms with Gasteiger partial charge in [0, 0.05) is 26.2 Å². The smallest absolute Gasteiger partial charge is 0.314 e. The fraction of sp³-hybridized carbons (Fsp3) is 0.306. The Morgan fingerprint density at radius 1 is 0.327 bits per heavy atom. The number of nitrogens with one attached hydrogen (secondary N) is 4. The van der Waals surface area contributed by atoms with Crippen molar-refractivity contribution in [2.75, 3.05) is 26.2 Å². The lowest BCUT2D eigenvalue weighted by Crippen LogP contribution is -2.36. The van der Waals surface area contributed by atoms with E-state index in [1.807, 2.05) is 0 Å². The number of rotatable bonds is 18. The molecule has 6 heteroatoms. The van der Waals surface area contributed by atoms with Crippen molar-refractivity contribution in [1.29, 1.82) is 0 Å². The van der Waals surface area contributed by atoms with Gasteiger partial charge >= 0.3 is 12.1 Å². The van der Waals surface area contributed by atoms with Crippen LogP contribution < -0.4 is 21.3 Å². The molecule has 0 radical (unpaired) electrons. The first-order valence-electron chi connectivity index (χ1n) is 20.5. The Morgan fingerprint density at radius 2 is 0.636 bits per heavy atom. The quantitative estimate of drug-likeness (QED) is 0.0524. The Kier molecular flexibility index (Phi) is 11.4. The summed E-state index contributed by atoms with van der Waals surface area (Å²) >= 11 is 0. The second-order valence-electron chi connectivity index (χ2n) is 15.2. The molecule has 0 spiro atoms. The third-order valence-corrected chi connectivity index (χ3v) is 11.5. The van der Waals surface area contributed by atoms with Crippen molar-refractivity contribution < 1.29 is 9.59 Å². The van der Waals surface area contributed by atoms with Crippen molar-refractivity contribution in [3.8, 4) is 0 Å². The molecule has 280 valence electrons. The van der Waals surface area contributed by atoms with Crippen molar-refractivity contribution in [1.82, 2.24) is 21.3 Å². The Morgan fingerprint density at radius 3 is 1.04 bits per heavy atom. The minimum absolute atomic E-state index is 0.0734. The highest BCUT2D eigenvalue weighted by Crippen LogP contribution is 2.37. The van der Waals surface area contributed by atoms with Crippen LogP contribution in [0.2, 0.25) is 0 Å². The topological polar surface area (TPSA) is 82.3 Å². The van der Waals surface area contributed by atoms with E-state index in [1.54, 1.807) is 0 Å². The highest BCUT2D eigenvalue weighted by Gasteiger charge is 2.12. The van der Waals surface area contributed by atoms with Crippen LogP contribution in [-0.2, 0) is 12.8 Å². The first-order valence-corrected chi connectivity index (χ1v) is 20.5. The molecule has 4 N–H and O–H groups in total. The predicted octanol–water partition coefficient (Wildman–Crippen LogP) is 11.4. The number of urea groups is 2. The minimum atomic E-state index is -0.0734. The van der Waals surface area contributed by atoms with Crippen LogP contribution in [0.15, 0.2) is 109 Å². The number of hydrogen-bond donors (Lipinski definition) is 4. The summed E-state index contributed by atoms with van der Waals surface area (Å²) in [4.78, 5) is 24.7. The fourth-order valence-corrected chi connectivity index (χ4v) is 8.65. The summed E-state index contributed by atoms with van der Waals surface area (Å²) in [6.07, 6.45) is 11.4. The molecule has 0 heterocycles. The van der Waals surface area contributed by atoms with Crippen LogP contribution in [0.1, 0.15) is 68.9 Å². The van der Waals surface area contributed by atoms with E-state index in [4.69, 9.17) is 0 Å². The van der Waals surface area contributed by atoms with Gasteiger partial charge in [0.15, 0.2) is 0 Å². The summed E-state index contributed by atoms with van der Waals surface area (Å²) in [6, 6.07) is 39.7. The lowest BCUT2D eigenvalue weighted by molar-refractivity contribution is 0.239. The van der Waals surface area contributed by atoms with Gasteiger partial charge in [0.1, 0.15) is 0 Å². The molecule has 4 amide bonds. The average molecular weight is 729 g/mol. The van der Waals surface area contributed by atoms with Crippen molar-refractivity contribution in [2.45, 2.75) is 70.6 Å². The molecule has 8 aromatic carbocycles. The number of aryl methyl sites for hydroxylation is 2. The maximum atomic E-state index is 12.4. The predicted molar refractivity (Wildman–Crippen MR) is 232 cm³/mol. The highest BCUT2D eigenvalue weighted by atomic mass is 16.2. The molecule has 0 fully saturated rings. The van der Waals surface area contributed by atoms with E-state index in [0.29, 0.717) is 26.2 Å². The summed E-state index contributed by atoms with van der Waals surface area (Å²) in [7, 11) is 0. The molecular weight excluding hydrogens is 677 g/mol. The van der Waals surface area contributed by atoms with E-state index in [9.17, 15) is 9.59 Å². The zero-order valence-corrected chi connectivity index (χ0v) is 31.8. The number of unbranched alkanes of at least 4 members (excludes halogenated alkanes) is 6. The first-order chi connectivity index (χ1) is 27.1. The first kappa shape index (κ1) is 36.4. The van der Waals surface area contributed by atoms with Crippen LogP contribution in [0, 0.1) is 0 Å². The van der Waals surface area contributed by atoms with Gasteiger partial charge in [0.2, 0.25) is 0 Å². The van der Waals surface area contributed by atoms with Crippen molar-refractivity contribution in [3.63, 3.8) is 0 Å². The van der Waals surface area contributed by atoms with Gasteiger partial charge in [-0.15, -0.1) is 0 Å². The molecule has 6 nitrogen and oxygen atoms in total. The monoisotopic (exact) mass is 728 g/mol. The maximum absolute atomic E-state index is 12.4. The molecule has 8 rings (SSSR count). The molecule has 0 unspecified atom stereocenters. The Balaban J connectivity index is 0.634. The molecule has 8 aromatic rings. The summed E-state index contributed by atoms with van der Waals surface area (Å²) < 4.78 is 0. The van der Waals surface area contributed by atoms with E-state index in [0.717, 1.165) is 51.4 Å². The van der Waals surface area contributed by atoms with E-state index >= 15 is 0 Å². The van der Waals surface area contributed by atoms with Crippen LogP contribution in [-0.4, -0.2) is 38.2 Å². The number of carbonyl (C=O) groups is 2. The molecular formula is C49H52N4O2. The Labute approximate surface area is 323 Å². The lowest BCUT2D eigenvalue weighted by Gasteiger charge is -2.14. The van der Waals surface area contributed by atoms with Crippen LogP contribution in [0.3, 0.4) is 0 Å². The van der Waals surface area contributed by atoms with Gasteiger partial charge in [0.25, 0.3) is 0 Å². The molecule has 0 aromatic heterocycles. The standard InChI is InChI=1S/C49H52N4O2/c54-48(52-32-10-16-34-18-20-40-24-22-36-12-8-14-38-26-28-42(34)46(40)44(36)38)50-30-6-4-2-1-3-5-7-31-51-49(55)53-33-11-17-35-19-21-41-25-23-37-13-9-15-39-27-29-43(35)47(41)45(37)39/h8-9,12-15,18-29H,1-7,10-11,16-17,30-33H2,(H2,50,52,54)(H2,51,53,55). The number of carbonyl (C=O) groups excluding carboxylic acids is 2. The van der Waals surface area contributed by atoms with Gasteiger partial charge in [-0.3, -0.25) is 0 Å². The van der Waals surface area contributed by atoms with Crippen molar-refractivity contribution in [3.05, 3.63) is 120 Å². The van der Waals surface area contributed by atoms with Gasteiger partial charge in [-0.25, -0.2) is 9.59 Å². The summed E-state index contributed by atoms with van der Waals surface area (Å²) in [6.45, 7) is 2.73. The van der Waals surface area contributed by atoms with Crippen LogP contribution >= 0.6 is 0 Å². The van der Waals surface area contributed by atoms with E-state index in [2.05, 4.69) is 130 Å². The average Bonchev–Trinajstić information content (AvgIpc) is 3.22. The lowest BCUT2D eigenvalue weighted by atomic mass is 9.91. The maximum Gasteiger partial charge on any atom is 0.314 e. The molecule has 0 aliphatic carbocycles. The van der Waals surface area contributed by atoms with Gasteiger partial charge in [0.05, 0.1) is 0 Å². The molecule has 0 saturated heterocycles. The molecule has 55 heavy (non-hydrogen) atoms. The SMILES string of the molecule is O=C(NCCCCCCCCCNC(=O)NCCCc1ccc2ccc3cccc4ccc1c2c34)NCCCc1ccc2ccc3cccc4ccc1c2c34. The molecule has 0 aliphatic heterocycles. The summed E-state index contributed by atoms with van der Waals surface area (Å²) in [5, 5.41) is 27.9. The highest BCUT2D eigenvalue weighted by molar-refractivity contribution is 6.24. The van der Waals surface area contributed by atoms with Crippen LogP contribution in [0.25, 0.3) is 64.6 Å². The second-order valence-corrected chi connectivity index (χ2v) is 15.2. The van der Waals surface area contributed by atoms with Gasteiger partial charge < -0.3 is 21.3 Å². The molecule has 0 bridgehead atoms. The zero-order chi connectivity index (χ0) is 37.4. The van der Waals surface area contributed by atoms with E-state index in [-0.39, 0.29) is 12.1 Å². The largest absolute Gasteiger partial charge is 0.338 e. The third-order valence-electron chi connectivity index (χ3n) is 11.5. The summed E-state index contributed by atoms with van der Waals surface area (Å²) in [5.74, 6) is 0. The van der Waals surface area contributed by atoms with E-state index in [1.165, 1.54) is 95.0 Å². The number of hydrogen-bond acceptors (Lipinski definition) is 2. The summed E-state index contributed by atoms with van der Waals surface area (Å²) in [5.41, 5.74) is 2.68. The number of amides is 4. The fourth-order valence-electron chi connectivity index (χ4n) is 8.65. The zero-order valence-electron chi connectivity index (χ0n) is 31.8. The van der Waals surface area contributed by atoms with Gasteiger partial charge in [-0.1, -0.05) is 141 Å². The van der Waals surface area contributed by atoms with Crippen LogP contribution in [0.4, 0.5) is 9.59 Å².